The molecule has 3 aromatic rings. The number of ether oxygens (including phenoxy) is 1. The molecule has 0 bridgehead atoms. The van der Waals surface area contributed by atoms with Crippen molar-refractivity contribution in [3.05, 3.63) is 48.2 Å². The molecule has 0 radical (unpaired) electrons. The molecule has 0 saturated carbocycles. The molecule has 0 aliphatic carbocycles. The van der Waals surface area contributed by atoms with Crippen LogP contribution in [-0.4, -0.2) is 26.6 Å². The first kappa shape index (κ1) is 17.7. The van der Waals surface area contributed by atoms with Crippen molar-refractivity contribution < 1.29 is 22.5 Å². The van der Waals surface area contributed by atoms with E-state index in [1.807, 2.05) is 0 Å². The van der Waals surface area contributed by atoms with E-state index in [4.69, 9.17) is 9.26 Å². The van der Waals surface area contributed by atoms with Gasteiger partial charge in [-0.2, -0.15) is 0 Å². The molecular weight excluding hydrogens is 358 g/mol. The van der Waals surface area contributed by atoms with Crippen LogP contribution in [0.25, 0.3) is 11.0 Å². The van der Waals surface area contributed by atoms with Crippen LogP contribution in [0.5, 0.6) is 5.75 Å². The molecule has 1 amide bonds. The van der Waals surface area contributed by atoms with E-state index in [0.717, 1.165) is 0 Å². The molecule has 2 aromatic carbocycles. The van der Waals surface area contributed by atoms with Crippen molar-refractivity contribution in [1.29, 1.82) is 0 Å². The summed E-state index contributed by atoms with van der Waals surface area (Å²) in [5.41, 5.74) is 1.49. The SMILES string of the molecule is COc1ccc(NC(C)=O)cc1NS(=O)(=O)Cc1noc2ccccc12. The van der Waals surface area contributed by atoms with Gasteiger partial charge in [-0.25, -0.2) is 8.42 Å². The highest BCUT2D eigenvalue weighted by molar-refractivity contribution is 7.91. The van der Waals surface area contributed by atoms with Gasteiger partial charge in [0.2, 0.25) is 15.9 Å². The summed E-state index contributed by atoms with van der Waals surface area (Å²) in [4.78, 5) is 11.2. The molecule has 0 atom stereocenters. The maximum absolute atomic E-state index is 12.6. The van der Waals surface area contributed by atoms with Crippen molar-refractivity contribution >= 4 is 38.3 Å². The van der Waals surface area contributed by atoms with Crippen LogP contribution < -0.4 is 14.8 Å². The number of para-hydroxylation sites is 1. The van der Waals surface area contributed by atoms with Crippen LogP contribution in [0.4, 0.5) is 11.4 Å². The fourth-order valence-corrected chi connectivity index (χ4v) is 3.63. The quantitative estimate of drug-likeness (QED) is 0.685. The maximum atomic E-state index is 12.6. The Labute approximate surface area is 150 Å². The molecule has 2 N–H and O–H groups in total. The molecule has 3 rings (SSSR count). The van der Waals surface area contributed by atoms with Crippen molar-refractivity contribution in [2.75, 3.05) is 17.1 Å². The predicted octanol–water partition coefficient (Wildman–Crippen LogP) is 2.74. The largest absolute Gasteiger partial charge is 0.495 e. The molecule has 0 unspecified atom stereocenters. The van der Waals surface area contributed by atoms with Crippen LogP contribution in [0.1, 0.15) is 12.6 Å². The Morgan fingerprint density at radius 1 is 1.23 bits per heavy atom. The van der Waals surface area contributed by atoms with Gasteiger partial charge >= 0.3 is 0 Å². The fourth-order valence-electron chi connectivity index (χ4n) is 2.49. The van der Waals surface area contributed by atoms with Crippen LogP contribution in [0, 0.1) is 0 Å². The molecule has 0 saturated heterocycles. The van der Waals surface area contributed by atoms with E-state index >= 15 is 0 Å². The maximum Gasteiger partial charge on any atom is 0.238 e. The van der Waals surface area contributed by atoms with Gasteiger partial charge in [0.1, 0.15) is 17.2 Å². The van der Waals surface area contributed by atoms with Crippen LogP contribution in [-0.2, 0) is 20.6 Å². The number of benzene rings is 2. The molecule has 0 aliphatic heterocycles. The van der Waals surface area contributed by atoms with E-state index in [-0.39, 0.29) is 17.3 Å². The third-order valence-electron chi connectivity index (χ3n) is 3.56. The zero-order valence-electron chi connectivity index (χ0n) is 14.1. The normalized spacial score (nSPS) is 11.3. The Bertz CT molecular complexity index is 1060. The van der Waals surface area contributed by atoms with E-state index in [1.54, 1.807) is 36.4 Å². The monoisotopic (exact) mass is 375 g/mol. The smallest absolute Gasteiger partial charge is 0.238 e. The number of nitrogens with zero attached hydrogens (tertiary/aromatic N) is 1. The highest BCUT2D eigenvalue weighted by Crippen LogP contribution is 2.29. The first-order valence-electron chi connectivity index (χ1n) is 7.67. The van der Waals surface area contributed by atoms with Crippen LogP contribution in [0.2, 0.25) is 0 Å². The van der Waals surface area contributed by atoms with Crippen molar-refractivity contribution in [2.24, 2.45) is 0 Å². The Morgan fingerprint density at radius 2 is 2.00 bits per heavy atom. The minimum absolute atomic E-state index is 0.214. The van der Waals surface area contributed by atoms with Crippen molar-refractivity contribution in [1.82, 2.24) is 5.16 Å². The minimum Gasteiger partial charge on any atom is -0.495 e. The summed E-state index contributed by atoms with van der Waals surface area (Å²) in [6, 6.07) is 11.7. The lowest BCUT2D eigenvalue weighted by Gasteiger charge is -2.13. The topological polar surface area (TPSA) is 111 Å². The Balaban J connectivity index is 1.88. The number of rotatable bonds is 6. The standard InChI is InChI=1S/C17H17N3O5S/c1-11(21)18-12-7-8-17(24-2)14(9-12)20-26(22,23)10-15-13-5-3-4-6-16(13)25-19-15/h3-9,20H,10H2,1-2H3,(H,18,21). The summed E-state index contributed by atoms with van der Waals surface area (Å²) in [6.07, 6.45) is 0. The molecule has 9 heteroatoms. The number of carbonyl (C=O) groups is 1. The Kier molecular flexibility index (Phi) is 4.81. The zero-order valence-corrected chi connectivity index (χ0v) is 15.0. The van der Waals surface area contributed by atoms with Crippen molar-refractivity contribution in [3.8, 4) is 5.75 Å². The number of nitrogens with one attached hydrogen (secondary N) is 2. The van der Waals surface area contributed by atoms with Gasteiger partial charge in [0.05, 0.1) is 12.8 Å². The highest BCUT2D eigenvalue weighted by Gasteiger charge is 2.19. The second-order valence-corrected chi connectivity index (χ2v) is 7.31. The van der Waals surface area contributed by atoms with Gasteiger partial charge in [-0.3, -0.25) is 9.52 Å². The lowest BCUT2D eigenvalue weighted by Crippen LogP contribution is -2.16. The average Bonchev–Trinajstić information content (AvgIpc) is 2.97. The number of methoxy groups -OCH3 is 1. The predicted molar refractivity (Wildman–Crippen MR) is 97.6 cm³/mol. The molecule has 0 fully saturated rings. The molecule has 26 heavy (non-hydrogen) atoms. The lowest BCUT2D eigenvalue weighted by molar-refractivity contribution is -0.114. The van der Waals surface area contributed by atoms with Gasteiger partial charge in [-0.1, -0.05) is 17.3 Å². The Morgan fingerprint density at radius 3 is 2.73 bits per heavy atom. The number of amides is 1. The van der Waals surface area contributed by atoms with Gasteiger partial charge in [0, 0.05) is 18.0 Å². The summed E-state index contributed by atoms with van der Waals surface area (Å²) in [7, 11) is -2.37. The van der Waals surface area contributed by atoms with Crippen LogP contribution >= 0.6 is 0 Å². The van der Waals surface area contributed by atoms with E-state index in [9.17, 15) is 13.2 Å². The number of hydrogen-bond acceptors (Lipinski definition) is 6. The summed E-state index contributed by atoms with van der Waals surface area (Å²) < 4.78 is 37.9. The van der Waals surface area contributed by atoms with Crippen molar-refractivity contribution in [3.63, 3.8) is 0 Å². The first-order chi connectivity index (χ1) is 12.4. The summed E-state index contributed by atoms with van der Waals surface area (Å²) in [5, 5.41) is 7.07. The van der Waals surface area contributed by atoms with E-state index < -0.39 is 10.0 Å². The van der Waals surface area contributed by atoms with Crippen molar-refractivity contribution in [2.45, 2.75) is 12.7 Å². The van der Waals surface area contributed by atoms with Crippen LogP contribution in [0.3, 0.4) is 0 Å². The highest BCUT2D eigenvalue weighted by atomic mass is 32.2. The number of aromatic nitrogens is 1. The molecule has 8 nitrogen and oxygen atoms in total. The number of sulfonamides is 1. The number of anilines is 2. The van der Waals surface area contributed by atoms with Gasteiger partial charge in [0.25, 0.3) is 0 Å². The molecule has 1 aromatic heterocycles. The minimum atomic E-state index is -3.79. The van der Waals surface area contributed by atoms with Gasteiger partial charge in [-0.15, -0.1) is 0 Å². The zero-order chi connectivity index (χ0) is 18.7. The van der Waals surface area contributed by atoms with E-state index in [1.165, 1.54) is 20.1 Å². The number of hydrogen-bond donors (Lipinski definition) is 2. The second kappa shape index (κ2) is 7.04. The average molecular weight is 375 g/mol. The van der Waals surface area contributed by atoms with Gasteiger partial charge in [0.15, 0.2) is 5.58 Å². The van der Waals surface area contributed by atoms with Gasteiger partial charge in [-0.05, 0) is 30.3 Å². The molecule has 136 valence electrons. The summed E-state index contributed by atoms with van der Waals surface area (Å²) >= 11 is 0. The fraction of sp³-hybridized carbons (Fsp3) is 0.176. The number of carbonyl (C=O) groups excluding carboxylic acids is 1. The third-order valence-corrected chi connectivity index (χ3v) is 4.75. The molecular formula is C17H17N3O5S. The molecule has 1 heterocycles. The molecule has 0 aliphatic rings. The van der Waals surface area contributed by atoms with E-state index in [0.29, 0.717) is 28.1 Å². The van der Waals surface area contributed by atoms with Gasteiger partial charge < -0.3 is 14.6 Å². The lowest BCUT2D eigenvalue weighted by atomic mass is 10.2. The third kappa shape index (κ3) is 3.94. The Hall–Kier alpha value is -3.07. The molecule has 0 spiro atoms. The second-order valence-electron chi connectivity index (χ2n) is 5.58. The van der Waals surface area contributed by atoms with E-state index in [2.05, 4.69) is 15.2 Å². The summed E-state index contributed by atoms with van der Waals surface area (Å²) in [5.74, 6) is -0.303. The van der Waals surface area contributed by atoms with Crippen LogP contribution in [0.15, 0.2) is 47.0 Å². The summed E-state index contributed by atoms with van der Waals surface area (Å²) in [6.45, 7) is 1.36. The number of fused-ring (bicyclic) bond motifs is 1. The first-order valence-corrected chi connectivity index (χ1v) is 9.32.